The molecule has 0 unspecified atom stereocenters. The number of aromatic nitrogens is 3. The van der Waals surface area contributed by atoms with E-state index >= 15 is 0 Å². The normalized spacial score (nSPS) is 10.8. The van der Waals surface area contributed by atoms with Crippen LogP contribution in [0.2, 0.25) is 0 Å². The summed E-state index contributed by atoms with van der Waals surface area (Å²) in [4.78, 5) is 28.8. The SMILES string of the molecule is Cc1cc(C(=O)OCC(=O)NCCCn2nc(C)cc2C)c2ccccc2n1. The first kappa shape index (κ1) is 19.5. The number of nitrogens with zero attached hydrogens (tertiary/aromatic N) is 3. The topological polar surface area (TPSA) is 86.1 Å². The Kier molecular flexibility index (Phi) is 6.03. The van der Waals surface area contributed by atoms with Crippen molar-refractivity contribution in [2.24, 2.45) is 0 Å². The van der Waals surface area contributed by atoms with Gasteiger partial charge in [0, 0.05) is 29.9 Å². The molecule has 1 amide bonds. The number of aryl methyl sites for hydroxylation is 4. The van der Waals surface area contributed by atoms with Gasteiger partial charge in [0.1, 0.15) is 0 Å². The average Bonchev–Trinajstić information content (AvgIpc) is 2.99. The largest absolute Gasteiger partial charge is 0.452 e. The predicted molar refractivity (Wildman–Crippen MR) is 106 cm³/mol. The molecule has 0 spiro atoms. The van der Waals surface area contributed by atoms with Gasteiger partial charge in [-0.1, -0.05) is 18.2 Å². The molecule has 0 fully saturated rings. The summed E-state index contributed by atoms with van der Waals surface area (Å²) in [6.45, 7) is 6.68. The molecule has 0 saturated heterocycles. The summed E-state index contributed by atoms with van der Waals surface area (Å²) in [6.07, 6.45) is 0.746. The van der Waals surface area contributed by atoms with Crippen LogP contribution in [0, 0.1) is 20.8 Å². The molecule has 7 nitrogen and oxygen atoms in total. The third-order valence-electron chi connectivity index (χ3n) is 4.37. The number of benzene rings is 1. The monoisotopic (exact) mass is 380 g/mol. The number of amides is 1. The van der Waals surface area contributed by atoms with Gasteiger partial charge >= 0.3 is 5.97 Å². The Morgan fingerprint density at radius 1 is 1.11 bits per heavy atom. The predicted octanol–water partition coefficient (Wildman–Crippen LogP) is 2.72. The van der Waals surface area contributed by atoms with Gasteiger partial charge in [0.25, 0.3) is 5.91 Å². The number of fused-ring (bicyclic) bond motifs is 1. The zero-order chi connectivity index (χ0) is 20.1. The lowest BCUT2D eigenvalue weighted by molar-refractivity contribution is -0.124. The minimum absolute atomic E-state index is 0.311. The number of pyridine rings is 1. The average molecular weight is 380 g/mol. The fraction of sp³-hybridized carbons (Fsp3) is 0.333. The van der Waals surface area contributed by atoms with Gasteiger partial charge in [-0.2, -0.15) is 5.10 Å². The number of carbonyl (C=O) groups is 2. The van der Waals surface area contributed by atoms with Crippen LogP contribution in [0.15, 0.2) is 36.4 Å². The van der Waals surface area contributed by atoms with E-state index in [0.29, 0.717) is 17.5 Å². The van der Waals surface area contributed by atoms with E-state index in [1.165, 1.54) is 0 Å². The molecule has 0 bridgehead atoms. The fourth-order valence-electron chi connectivity index (χ4n) is 3.09. The Morgan fingerprint density at radius 3 is 2.64 bits per heavy atom. The third kappa shape index (κ3) is 4.73. The van der Waals surface area contributed by atoms with E-state index < -0.39 is 5.97 Å². The van der Waals surface area contributed by atoms with E-state index in [1.807, 2.05) is 55.8 Å². The summed E-state index contributed by atoms with van der Waals surface area (Å²) >= 11 is 0. The first-order valence-corrected chi connectivity index (χ1v) is 9.25. The van der Waals surface area contributed by atoms with Crippen molar-refractivity contribution in [3.05, 3.63) is 59.0 Å². The maximum atomic E-state index is 12.4. The second-order valence-electron chi connectivity index (χ2n) is 6.76. The zero-order valence-corrected chi connectivity index (χ0v) is 16.4. The van der Waals surface area contributed by atoms with E-state index in [0.717, 1.165) is 35.6 Å². The van der Waals surface area contributed by atoms with Crippen molar-refractivity contribution in [1.29, 1.82) is 0 Å². The molecular weight excluding hydrogens is 356 g/mol. The molecule has 0 aliphatic heterocycles. The molecule has 1 N–H and O–H groups in total. The zero-order valence-electron chi connectivity index (χ0n) is 16.4. The highest BCUT2D eigenvalue weighted by molar-refractivity contribution is 6.04. The maximum absolute atomic E-state index is 12.4. The van der Waals surface area contributed by atoms with Crippen LogP contribution >= 0.6 is 0 Å². The lowest BCUT2D eigenvalue weighted by atomic mass is 10.1. The molecule has 7 heteroatoms. The van der Waals surface area contributed by atoms with E-state index in [1.54, 1.807) is 6.07 Å². The molecule has 0 radical (unpaired) electrons. The molecule has 146 valence electrons. The van der Waals surface area contributed by atoms with Crippen LogP contribution in [-0.4, -0.2) is 39.8 Å². The summed E-state index contributed by atoms with van der Waals surface area (Å²) in [6, 6.07) is 11.1. The third-order valence-corrected chi connectivity index (χ3v) is 4.37. The molecule has 3 aromatic rings. The summed E-state index contributed by atoms with van der Waals surface area (Å²) in [7, 11) is 0. The summed E-state index contributed by atoms with van der Waals surface area (Å²) < 4.78 is 7.11. The Labute approximate surface area is 163 Å². The Morgan fingerprint density at radius 2 is 1.89 bits per heavy atom. The lowest BCUT2D eigenvalue weighted by Crippen LogP contribution is -2.30. The standard InChI is InChI=1S/C21H24N4O3/c1-14-12-18(17-7-4-5-8-19(17)23-14)21(27)28-13-20(26)22-9-6-10-25-16(3)11-15(2)24-25/h4-5,7-8,11-12H,6,9-10,13H2,1-3H3,(H,22,26). The molecular formula is C21H24N4O3. The van der Waals surface area contributed by atoms with Crippen LogP contribution in [0.3, 0.4) is 0 Å². The number of para-hydroxylation sites is 1. The lowest BCUT2D eigenvalue weighted by Gasteiger charge is -2.09. The van der Waals surface area contributed by atoms with Crippen molar-refractivity contribution >= 4 is 22.8 Å². The van der Waals surface area contributed by atoms with Crippen LogP contribution in [0.25, 0.3) is 10.9 Å². The highest BCUT2D eigenvalue weighted by Crippen LogP contribution is 2.19. The first-order chi connectivity index (χ1) is 13.4. The van der Waals surface area contributed by atoms with Crippen molar-refractivity contribution in [1.82, 2.24) is 20.1 Å². The molecule has 1 aromatic carbocycles. The minimum atomic E-state index is -0.528. The van der Waals surface area contributed by atoms with E-state index in [9.17, 15) is 9.59 Å². The number of ether oxygens (including phenoxy) is 1. The summed E-state index contributed by atoms with van der Waals surface area (Å²) in [5.74, 6) is -0.851. The van der Waals surface area contributed by atoms with Gasteiger partial charge in [-0.15, -0.1) is 0 Å². The quantitative estimate of drug-likeness (QED) is 0.503. The molecule has 3 rings (SSSR count). The molecule has 0 saturated carbocycles. The number of rotatable bonds is 7. The maximum Gasteiger partial charge on any atom is 0.339 e. The smallest absolute Gasteiger partial charge is 0.339 e. The van der Waals surface area contributed by atoms with Gasteiger partial charge in [-0.05, 0) is 45.4 Å². The van der Waals surface area contributed by atoms with Gasteiger partial charge in [0.2, 0.25) is 0 Å². The first-order valence-electron chi connectivity index (χ1n) is 9.25. The van der Waals surface area contributed by atoms with Crippen molar-refractivity contribution in [2.75, 3.05) is 13.2 Å². The number of hydrogen-bond acceptors (Lipinski definition) is 5. The van der Waals surface area contributed by atoms with Gasteiger partial charge in [-0.25, -0.2) is 4.79 Å². The van der Waals surface area contributed by atoms with Gasteiger partial charge in [0.15, 0.2) is 6.61 Å². The number of hydrogen-bond donors (Lipinski definition) is 1. The van der Waals surface area contributed by atoms with Crippen molar-refractivity contribution in [3.63, 3.8) is 0 Å². The number of carbonyl (C=O) groups excluding carboxylic acids is 2. The Balaban J connectivity index is 1.48. The van der Waals surface area contributed by atoms with E-state index in [2.05, 4.69) is 15.4 Å². The second kappa shape index (κ2) is 8.65. The molecule has 0 aliphatic carbocycles. The molecule has 0 atom stereocenters. The summed E-state index contributed by atoms with van der Waals surface area (Å²) in [5, 5.41) is 7.86. The van der Waals surface area contributed by atoms with Gasteiger partial charge < -0.3 is 10.1 Å². The van der Waals surface area contributed by atoms with Crippen molar-refractivity contribution < 1.29 is 14.3 Å². The van der Waals surface area contributed by atoms with Gasteiger partial charge in [0.05, 0.1) is 16.8 Å². The minimum Gasteiger partial charge on any atom is -0.452 e. The van der Waals surface area contributed by atoms with E-state index in [-0.39, 0.29) is 12.5 Å². The molecule has 0 aliphatic rings. The highest BCUT2D eigenvalue weighted by Gasteiger charge is 2.14. The molecule has 28 heavy (non-hydrogen) atoms. The second-order valence-corrected chi connectivity index (χ2v) is 6.76. The Bertz CT molecular complexity index is 1010. The molecule has 2 heterocycles. The summed E-state index contributed by atoms with van der Waals surface area (Å²) in [5.41, 5.74) is 3.94. The van der Waals surface area contributed by atoms with Crippen molar-refractivity contribution in [2.45, 2.75) is 33.7 Å². The van der Waals surface area contributed by atoms with Crippen LogP contribution in [0.5, 0.6) is 0 Å². The molecule has 2 aromatic heterocycles. The number of nitrogens with one attached hydrogen (secondary N) is 1. The number of esters is 1. The van der Waals surface area contributed by atoms with Crippen LogP contribution < -0.4 is 5.32 Å². The van der Waals surface area contributed by atoms with Crippen molar-refractivity contribution in [3.8, 4) is 0 Å². The van der Waals surface area contributed by atoms with E-state index in [4.69, 9.17) is 4.74 Å². The van der Waals surface area contributed by atoms with Crippen LogP contribution in [-0.2, 0) is 16.1 Å². The fourth-order valence-corrected chi connectivity index (χ4v) is 3.09. The Hall–Kier alpha value is -3.22. The van der Waals surface area contributed by atoms with Crippen LogP contribution in [0.4, 0.5) is 0 Å². The highest BCUT2D eigenvalue weighted by atomic mass is 16.5. The van der Waals surface area contributed by atoms with Crippen LogP contribution in [0.1, 0.15) is 33.9 Å². The van der Waals surface area contributed by atoms with Gasteiger partial charge in [-0.3, -0.25) is 14.5 Å².